The van der Waals surface area contributed by atoms with Gasteiger partial charge in [0.05, 0.1) is 11.5 Å². The predicted molar refractivity (Wildman–Crippen MR) is 104 cm³/mol. The summed E-state index contributed by atoms with van der Waals surface area (Å²) in [6.07, 6.45) is 0.515. The van der Waals surface area contributed by atoms with Gasteiger partial charge in [0.1, 0.15) is 5.75 Å². The average Bonchev–Trinajstić information content (AvgIpc) is 2.89. The second-order valence-electron chi connectivity index (χ2n) is 8.56. The third kappa shape index (κ3) is 5.73. The Bertz CT molecular complexity index is 717. The highest BCUT2D eigenvalue weighted by molar-refractivity contribution is 7.91. The standard InChI is InChI=1S/C20H31NO4S/c1-15(2)12-21(17-10-11-26(23,24)14-17)19(22)13-25-18-8-6-16(7-9-18)20(3,4)5/h6-9,15,17H,10-14H2,1-5H3/t17-/m0/s1. The van der Waals surface area contributed by atoms with E-state index in [1.165, 1.54) is 5.56 Å². The maximum atomic E-state index is 12.7. The lowest BCUT2D eigenvalue weighted by atomic mass is 9.87. The van der Waals surface area contributed by atoms with Gasteiger partial charge in [-0.05, 0) is 35.4 Å². The van der Waals surface area contributed by atoms with Crippen LogP contribution in [-0.2, 0) is 20.0 Å². The van der Waals surface area contributed by atoms with Gasteiger partial charge in [-0.1, -0.05) is 46.8 Å². The molecule has 1 heterocycles. The molecule has 1 atom stereocenters. The first-order valence-corrected chi connectivity index (χ1v) is 11.0. The molecule has 1 aromatic rings. The molecule has 0 aromatic heterocycles. The Morgan fingerprint density at radius 1 is 1.23 bits per heavy atom. The number of rotatable bonds is 6. The van der Waals surface area contributed by atoms with Gasteiger partial charge in [0.15, 0.2) is 16.4 Å². The molecule has 0 spiro atoms. The van der Waals surface area contributed by atoms with Crippen molar-refractivity contribution in [3.8, 4) is 5.75 Å². The third-order valence-corrected chi connectivity index (χ3v) is 6.36. The zero-order chi connectivity index (χ0) is 19.5. The molecule has 2 rings (SSSR count). The van der Waals surface area contributed by atoms with E-state index in [-0.39, 0.29) is 41.4 Å². The summed E-state index contributed by atoms with van der Waals surface area (Å²) in [5.41, 5.74) is 1.27. The van der Waals surface area contributed by atoms with E-state index in [2.05, 4.69) is 20.8 Å². The van der Waals surface area contributed by atoms with E-state index in [1.54, 1.807) is 4.90 Å². The summed E-state index contributed by atoms with van der Waals surface area (Å²) in [6.45, 7) is 11.0. The Labute approximate surface area is 157 Å². The van der Waals surface area contributed by atoms with Gasteiger partial charge >= 0.3 is 0 Å². The van der Waals surface area contributed by atoms with Crippen LogP contribution in [0.4, 0.5) is 0 Å². The molecule has 0 N–H and O–H groups in total. The van der Waals surface area contributed by atoms with Crippen molar-refractivity contribution in [2.24, 2.45) is 5.92 Å². The van der Waals surface area contributed by atoms with Crippen LogP contribution in [0.15, 0.2) is 24.3 Å². The summed E-state index contributed by atoms with van der Waals surface area (Å²) in [5, 5.41) is 0. The summed E-state index contributed by atoms with van der Waals surface area (Å²) in [5.74, 6) is 0.990. The number of benzene rings is 1. The van der Waals surface area contributed by atoms with Gasteiger partial charge < -0.3 is 9.64 Å². The highest BCUT2D eigenvalue weighted by Crippen LogP contribution is 2.24. The zero-order valence-corrected chi connectivity index (χ0v) is 17.3. The van der Waals surface area contributed by atoms with Gasteiger partial charge in [-0.15, -0.1) is 0 Å². The number of hydrogen-bond acceptors (Lipinski definition) is 4. The lowest BCUT2D eigenvalue weighted by Gasteiger charge is -2.30. The van der Waals surface area contributed by atoms with Crippen molar-refractivity contribution in [3.05, 3.63) is 29.8 Å². The molecule has 0 unspecified atom stereocenters. The number of ether oxygens (including phenoxy) is 1. The number of nitrogens with zero attached hydrogens (tertiary/aromatic N) is 1. The van der Waals surface area contributed by atoms with E-state index in [4.69, 9.17) is 4.74 Å². The Kier molecular flexibility index (Phi) is 6.37. The first kappa shape index (κ1) is 20.7. The van der Waals surface area contributed by atoms with Crippen LogP contribution >= 0.6 is 0 Å². The van der Waals surface area contributed by atoms with Crippen LogP contribution in [0.3, 0.4) is 0 Å². The van der Waals surface area contributed by atoms with Crippen molar-refractivity contribution in [2.45, 2.75) is 52.5 Å². The molecule has 1 aromatic carbocycles. The molecule has 1 amide bonds. The quantitative estimate of drug-likeness (QED) is 0.760. The molecule has 6 heteroatoms. The van der Waals surface area contributed by atoms with E-state index < -0.39 is 9.84 Å². The lowest BCUT2D eigenvalue weighted by Crippen LogP contribution is -2.45. The number of sulfone groups is 1. The second kappa shape index (κ2) is 7.99. The van der Waals surface area contributed by atoms with E-state index in [1.807, 2.05) is 38.1 Å². The molecule has 0 saturated carbocycles. The van der Waals surface area contributed by atoms with E-state index in [9.17, 15) is 13.2 Å². The first-order valence-electron chi connectivity index (χ1n) is 9.21. The third-order valence-electron chi connectivity index (χ3n) is 4.61. The minimum absolute atomic E-state index is 0.0612. The normalized spacial score (nSPS) is 19.5. The van der Waals surface area contributed by atoms with Crippen LogP contribution < -0.4 is 4.74 Å². The Morgan fingerprint density at radius 3 is 2.31 bits per heavy atom. The fourth-order valence-corrected chi connectivity index (χ4v) is 4.88. The van der Waals surface area contributed by atoms with Gasteiger partial charge in [-0.3, -0.25) is 4.79 Å². The fraction of sp³-hybridized carbons (Fsp3) is 0.650. The molecule has 0 radical (unpaired) electrons. The van der Waals surface area contributed by atoms with E-state index >= 15 is 0 Å². The largest absolute Gasteiger partial charge is 0.484 e. The van der Waals surface area contributed by atoms with Crippen molar-refractivity contribution in [1.82, 2.24) is 4.90 Å². The average molecular weight is 382 g/mol. The molecule has 26 heavy (non-hydrogen) atoms. The second-order valence-corrected chi connectivity index (χ2v) is 10.8. The maximum Gasteiger partial charge on any atom is 0.260 e. The molecule has 1 aliphatic heterocycles. The molecule has 146 valence electrons. The first-order chi connectivity index (χ1) is 12.0. The summed E-state index contributed by atoms with van der Waals surface area (Å²) in [6, 6.07) is 7.54. The zero-order valence-electron chi connectivity index (χ0n) is 16.5. The summed E-state index contributed by atoms with van der Waals surface area (Å²) >= 11 is 0. The summed E-state index contributed by atoms with van der Waals surface area (Å²) < 4.78 is 29.2. The lowest BCUT2D eigenvalue weighted by molar-refractivity contribution is -0.135. The number of amides is 1. The molecule has 1 fully saturated rings. The number of carbonyl (C=O) groups is 1. The number of carbonyl (C=O) groups excluding carboxylic acids is 1. The van der Waals surface area contributed by atoms with Gasteiger partial charge in [0, 0.05) is 12.6 Å². The van der Waals surface area contributed by atoms with E-state index in [0.29, 0.717) is 18.7 Å². The van der Waals surface area contributed by atoms with Crippen molar-refractivity contribution in [3.63, 3.8) is 0 Å². The minimum Gasteiger partial charge on any atom is -0.484 e. The minimum atomic E-state index is -3.03. The molecule has 0 aliphatic carbocycles. The van der Waals surface area contributed by atoms with Gasteiger partial charge in [0.25, 0.3) is 5.91 Å². The Hall–Kier alpha value is -1.56. The summed E-state index contributed by atoms with van der Waals surface area (Å²) in [7, 11) is -3.03. The molecule has 5 nitrogen and oxygen atoms in total. The Balaban J connectivity index is 2.00. The highest BCUT2D eigenvalue weighted by atomic mass is 32.2. The van der Waals surface area contributed by atoms with Crippen LogP contribution in [0.1, 0.15) is 46.6 Å². The van der Waals surface area contributed by atoms with Gasteiger partial charge in [-0.2, -0.15) is 0 Å². The predicted octanol–water partition coefficient (Wildman–Crippen LogP) is 3.03. The van der Waals surface area contributed by atoms with Crippen LogP contribution in [0.25, 0.3) is 0 Å². The highest BCUT2D eigenvalue weighted by Gasteiger charge is 2.34. The van der Waals surface area contributed by atoms with Gasteiger partial charge in [0.2, 0.25) is 0 Å². The van der Waals surface area contributed by atoms with Crippen LogP contribution in [0.2, 0.25) is 0 Å². The molecular weight excluding hydrogens is 350 g/mol. The fourth-order valence-electron chi connectivity index (χ4n) is 3.15. The van der Waals surface area contributed by atoms with E-state index in [0.717, 1.165) is 0 Å². The smallest absolute Gasteiger partial charge is 0.260 e. The van der Waals surface area contributed by atoms with Crippen molar-refractivity contribution in [2.75, 3.05) is 24.7 Å². The molecule has 1 saturated heterocycles. The summed E-state index contributed by atoms with van der Waals surface area (Å²) in [4.78, 5) is 14.4. The van der Waals surface area contributed by atoms with Crippen molar-refractivity contribution < 1.29 is 17.9 Å². The van der Waals surface area contributed by atoms with Crippen LogP contribution in [0.5, 0.6) is 5.75 Å². The Morgan fingerprint density at radius 2 is 1.85 bits per heavy atom. The molecule has 0 bridgehead atoms. The maximum absolute atomic E-state index is 12.7. The SMILES string of the molecule is CC(C)CN(C(=O)COc1ccc(C(C)(C)C)cc1)[C@H]1CCS(=O)(=O)C1. The molecular formula is C20H31NO4S. The van der Waals surface area contributed by atoms with Crippen molar-refractivity contribution >= 4 is 15.7 Å². The van der Waals surface area contributed by atoms with Gasteiger partial charge in [-0.25, -0.2) is 8.42 Å². The topological polar surface area (TPSA) is 63.7 Å². The number of hydrogen-bond donors (Lipinski definition) is 0. The monoisotopic (exact) mass is 381 g/mol. The van der Waals surface area contributed by atoms with Crippen LogP contribution in [0, 0.1) is 5.92 Å². The van der Waals surface area contributed by atoms with Crippen LogP contribution in [-0.4, -0.2) is 49.9 Å². The molecule has 1 aliphatic rings. The van der Waals surface area contributed by atoms with Crippen molar-refractivity contribution in [1.29, 1.82) is 0 Å².